The molecule has 8 heteroatoms. The summed E-state index contributed by atoms with van der Waals surface area (Å²) in [6.07, 6.45) is 1.03. The monoisotopic (exact) mass is 409 g/mol. The molecule has 0 saturated carbocycles. The molecule has 0 saturated heterocycles. The van der Waals surface area contributed by atoms with Gasteiger partial charge in [0, 0.05) is 16.8 Å². The Hall–Kier alpha value is -3.65. The summed E-state index contributed by atoms with van der Waals surface area (Å²) in [5.74, 6) is -1.48. The van der Waals surface area contributed by atoms with Crippen molar-refractivity contribution in [2.45, 2.75) is 0 Å². The van der Waals surface area contributed by atoms with E-state index in [1.807, 2.05) is 30.3 Å². The Labute approximate surface area is 167 Å². The van der Waals surface area contributed by atoms with E-state index in [0.29, 0.717) is 21.2 Å². The predicted octanol–water partition coefficient (Wildman–Crippen LogP) is 3.47. The van der Waals surface area contributed by atoms with Gasteiger partial charge in [-0.2, -0.15) is 0 Å². The number of nitrogens with two attached hydrogens (primary N) is 1. The first-order valence-corrected chi connectivity index (χ1v) is 9.32. The zero-order valence-electron chi connectivity index (χ0n) is 15.5. The predicted molar refractivity (Wildman–Crippen MR) is 112 cm³/mol. The van der Waals surface area contributed by atoms with Crippen LogP contribution in [0.1, 0.15) is 4.88 Å². The molecular formula is C21H15NO6S. The van der Waals surface area contributed by atoms with E-state index in [-0.39, 0.29) is 16.0 Å². The van der Waals surface area contributed by atoms with Crippen molar-refractivity contribution in [3.63, 3.8) is 0 Å². The Morgan fingerprint density at radius 2 is 1.79 bits per heavy atom. The van der Waals surface area contributed by atoms with E-state index in [1.165, 1.54) is 14.2 Å². The van der Waals surface area contributed by atoms with Gasteiger partial charge in [0.25, 0.3) is 0 Å². The average Bonchev–Trinajstić information content (AvgIpc) is 3.08. The van der Waals surface area contributed by atoms with Crippen molar-refractivity contribution in [1.29, 1.82) is 0 Å². The Bertz CT molecular complexity index is 1400. The zero-order chi connectivity index (χ0) is 20.7. The maximum absolute atomic E-state index is 12.6. The molecule has 0 aliphatic heterocycles. The highest BCUT2D eigenvalue weighted by Gasteiger charge is 2.25. The van der Waals surface area contributed by atoms with Crippen LogP contribution in [0, 0.1) is 0 Å². The lowest BCUT2D eigenvalue weighted by Crippen LogP contribution is -2.07. The molecular weight excluding hydrogens is 394 g/mol. The molecule has 0 bridgehead atoms. The summed E-state index contributed by atoms with van der Waals surface area (Å²) in [5.41, 5.74) is 5.80. The van der Waals surface area contributed by atoms with E-state index < -0.39 is 17.6 Å². The SMILES string of the molecule is COC(=O)/C=C(/C(=O)OC)c1sc(N)c2c(=O)oc3ccc4ccccc4c3c12. The fraction of sp³-hybridized carbons (Fsp3) is 0.0952. The first-order valence-electron chi connectivity index (χ1n) is 8.51. The van der Waals surface area contributed by atoms with Gasteiger partial charge in [-0.3, -0.25) is 0 Å². The van der Waals surface area contributed by atoms with Gasteiger partial charge in [0.05, 0.1) is 24.7 Å². The third-order valence-electron chi connectivity index (χ3n) is 4.60. The molecule has 2 aromatic heterocycles. The van der Waals surface area contributed by atoms with E-state index in [0.717, 1.165) is 28.2 Å². The number of benzene rings is 2. The van der Waals surface area contributed by atoms with Crippen molar-refractivity contribution in [3.05, 3.63) is 57.8 Å². The van der Waals surface area contributed by atoms with Gasteiger partial charge in [-0.05, 0) is 16.8 Å². The van der Waals surface area contributed by atoms with Crippen molar-refractivity contribution in [3.8, 4) is 0 Å². The summed E-state index contributed by atoms with van der Waals surface area (Å²) in [5, 5.41) is 3.14. The van der Waals surface area contributed by atoms with E-state index >= 15 is 0 Å². The largest absolute Gasteiger partial charge is 0.466 e. The first kappa shape index (κ1) is 18.7. The minimum absolute atomic E-state index is 0.0501. The second-order valence-electron chi connectivity index (χ2n) is 6.17. The second kappa shape index (κ2) is 7.06. The lowest BCUT2D eigenvalue weighted by molar-refractivity contribution is -0.136. The number of hydrogen-bond acceptors (Lipinski definition) is 8. The molecule has 29 heavy (non-hydrogen) atoms. The van der Waals surface area contributed by atoms with Crippen LogP contribution in [-0.2, 0) is 19.1 Å². The molecule has 7 nitrogen and oxygen atoms in total. The molecule has 2 N–H and O–H groups in total. The van der Waals surface area contributed by atoms with Gasteiger partial charge in [0.15, 0.2) is 0 Å². The molecule has 4 rings (SSSR count). The van der Waals surface area contributed by atoms with Gasteiger partial charge in [0.2, 0.25) is 0 Å². The zero-order valence-corrected chi connectivity index (χ0v) is 16.3. The lowest BCUT2D eigenvalue weighted by Gasteiger charge is -2.08. The molecule has 2 aromatic carbocycles. The number of nitrogen functional groups attached to an aromatic ring is 1. The number of esters is 2. The molecule has 146 valence electrons. The Morgan fingerprint density at radius 3 is 2.52 bits per heavy atom. The normalized spacial score (nSPS) is 11.9. The number of fused-ring (bicyclic) bond motifs is 5. The summed E-state index contributed by atoms with van der Waals surface area (Å²) < 4.78 is 15.0. The Balaban J connectivity index is 2.25. The molecule has 0 radical (unpaired) electrons. The maximum Gasteiger partial charge on any atom is 0.347 e. The van der Waals surface area contributed by atoms with Crippen molar-refractivity contribution in [2.24, 2.45) is 0 Å². The van der Waals surface area contributed by atoms with Crippen LogP contribution in [-0.4, -0.2) is 26.2 Å². The number of carbonyl (C=O) groups is 2. The van der Waals surface area contributed by atoms with Crippen LogP contribution >= 0.6 is 11.3 Å². The molecule has 0 fully saturated rings. The molecule has 0 atom stereocenters. The van der Waals surface area contributed by atoms with Crippen molar-refractivity contribution in [1.82, 2.24) is 0 Å². The van der Waals surface area contributed by atoms with Gasteiger partial charge in [-0.1, -0.05) is 30.3 Å². The molecule has 0 amide bonds. The Morgan fingerprint density at radius 1 is 1.03 bits per heavy atom. The fourth-order valence-corrected chi connectivity index (χ4v) is 4.39. The van der Waals surface area contributed by atoms with Crippen molar-refractivity contribution < 1.29 is 23.5 Å². The topological polar surface area (TPSA) is 109 Å². The number of ether oxygens (including phenoxy) is 2. The number of anilines is 1. The summed E-state index contributed by atoms with van der Waals surface area (Å²) in [7, 11) is 2.40. The third kappa shape index (κ3) is 2.94. The van der Waals surface area contributed by atoms with Gasteiger partial charge < -0.3 is 19.6 Å². The van der Waals surface area contributed by atoms with Crippen LogP contribution in [0.4, 0.5) is 5.00 Å². The van der Waals surface area contributed by atoms with Gasteiger partial charge in [0.1, 0.15) is 16.0 Å². The number of thiophene rings is 1. The van der Waals surface area contributed by atoms with E-state index in [9.17, 15) is 14.4 Å². The third-order valence-corrected chi connectivity index (χ3v) is 5.65. The van der Waals surface area contributed by atoms with E-state index in [4.69, 9.17) is 14.9 Å². The van der Waals surface area contributed by atoms with Crippen LogP contribution in [0.3, 0.4) is 0 Å². The summed E-state index contributed by atoms with van der Waals surface area (Å²) in [6.45, 7) is 0. The van der Waals surface area contributed by atoms with E-state index in [1.54, 1.807) is 6.07 Å². The van der Waals surface area contributed by atoms with Gasteiger partial charge in [-0.15, -0.1) is 11.3 Å². The molecule has 0 aliphatic carbocycles. The fourth-order valence-electron chi connectivity index (χ4n) is 3.33. The molecule has 0 aliphatic rings. The number of carbonyl (C=O) groups excluding carboxylic acids is 2. The second-order valence-corrected chi connectivity index (χ2v) is 7.22. The highest BCUT2D eigenvalue weighted by molar-refractivity contribution is 7.19. The molecule has 2 heterocycles. The van der Waals surface area contributed by atoms with Crippen LogP contribution in [0.5, 0.6) is 0 Å². The van der Waals surface area contributed by atoms with Crippen LogP contribution < -0.4 is 11.4 Å². The molecule has 4 aromatic rings. The van der Waals surface area contributed by atoms with Gasteiger partial charge in [-0.25, -0.2) is 14.4 Å². The van der Waals surface area contributed by atoms with Gasteiger partial charge >= 0.3 is 17.6 Å². The number of hydrogen-bond donors (Lipinski definition) is 1. The molecule has 0 spiro atoms. The van der Waals surface area contributed by atoms with Crippen molar-refractivity contribution in [2.75, 3.05) is 20.0 Å². The highest BCUT2D eigenvalue weighted by atomic mass is 32.1. The van der Waals surface area contributed by atoms with E-state index in [2.05, 4.69) is 4.74 Å². The minimum Gasteiger partial charge on any atom is -0.466 e. The maximum atomic E-state index is 12.6. The number of methoxy groups -OCH3 is 2. The van der Waals surface area contributed by atoms with Crippen LogP contribution in [0.2, 0.25) is 0 Å². The lowest BCUT2D eigenvalue weighted by atomic mass is 9.99. The summed E-state index contributed by atoms with van der Waals surface area (Å²) in [6, 6.07) is 11.1. The van der Waals surface area contributed by atoms with Crippen LogP contribution in [0.15, 0.2) is 51.7 Å². The minimum atomic E-state index is -0.750. The highest BCUT2D eigenvalue weighted by Crippen LogP contribution is 2.42. The first-order chi connectivity index (χ1) is 14.0. The quantitative estimate of drug-likeness (QED) is 0.239. The smallest absolute Gasteiger partial charge is 0.347 e. The standard InChI is InChI=1S/C21H15NO6S/c1-26-14(23)9-12(20(24)27-2)18-16-15-11-6-4-3-5-10(11)7-8-13(15)28-21(25)17(16)19(22)29-18/h3-9H,22H2,1-2H3/b12-9+. The number of rotatable bonds is 3. The average molecular weight is 409 g/mol. The molecule has 0 unspecified atom stereocenters. The summed E-state index contributed by atoms with van der Waals surface area (Å²) in [4.78, 5) is 37.3. The summed E-state index contributed by atoms with van der Waals surface area (Å²) >= 11 is 1.01. The van der Waals surface area contributed by atoms with Crippen molar-refractivity contribution >= 4 is 66.4 Å². The Kier molecular flexibility index (Phi) is 4.56. The van der Waals surface area contributed by atoms with Crippen LogP contribution in [0.25, 0.3) is 38.1 Å².